The van der Waals surface area contributed by atoms with Gasteiger partial charge >= 0.3 is 0 Å². The van der Waals surface area contributed by atoms with Crippen LogP contribution in [-0.4, -0.2) is 45.2 Å². The Bertz CT molecular complexity index is 515. The standard InChI is InChI=1S/C19H32N4O2/c1-4-5-14-25-15-6-12-21-19(20-3)22-13-11-17-7-9-18(10-8-17)23-16(2)24/h7-10H,4-6,11-15H2,1-3H3,(H,23,24)(H2,20,21,22). The van der Waals surface area contributed by atoms with Gasteiger partial charge in [0, 0.05) is 46.0 Å². The number of aliphatic imine (C=N–C) groups is 1. The first-order chi connectivity index (χ1) is 12.2. The highest BCUT2D eigenvalue weighted by Crippen LogP contribution is 2.09. The Labute approximate surface area is 151 Å². The molecule has 3 N–H and O–H groups in total. The summed E-state index contributed by atoms with van der Waals surface area (Å²) in [4.78, 5) is 15.2. The molecule has 1 rings (SSSR count). The topological polar surface area (TPSA) is 74.8 Å². The molecule has 0 unspecified atom stereocenters. The minimum absolute atomic E-state index is 0.0555. The van der Waals surface area contributed by atoms with Crippen molar-refractivity contribution in [3.63, 3.8) is 0 Å². The number of anilines is 1. The van der Waals surface area contributed by atoms with Gasteiger partial charge in [-0.15, -0.1) is 0 Å². The van der Waals surface area contributed by atoms with Crippen LogP contribution in [0.3, 0.4) is 0 Å². The lowest BCUT2D eigenvalue weighted by molar-refractivity contribution is -0.114. The van der Waals surface area contributed by atoms with E-state index < -0.39 is 0 Å². The van der Waals surface area contributed by atoms with Gasteiger partial charge in [0.1, 0.15) is 0 Å². The van der Waals surface area contributed by atoms with Gasteiger partial charge in [-0.25, -0.2) is 0 Å². The van der Waals surface area contributed by atoms with Crippen molar-refractivity contribution in [1.82, 2.24) is 10.6 Å². The highest BCUT2D eigenvalue weighted by Gasteiger charge is 1.99. The molecule has 1 aromatic rings. The van der Waals surface area contributed by atoms with Crippen molar-refractivity contribution in [1.29, 1.82) is 0 Å². The number of hydrogen-bond acceptors (Lipinski definition) is 3. The van der Waals surface area contributed by atoms with Gasteiger partial charge in [-0.05, 0) is 37.0 Å². The molecule has 0 spiro atoms. The third-order valence-corrected chi connectivity index (χ3v) is 3.60. The zero-order chi connectivity index (χ0) is 18.3. The monoisotopic (exact) mass is 348 g/mol. The van der Waals surface area contributed by atoms with E-state index in [9.17, 15) is 4.79 Å². The van der Waals surface area contributed by atoms with E-state index in [1.165, 1.54) is 18.9 Å². The predicted octanol–water partition coefficient (Wildman–Crippen LogP) is 2.56. The molecule has 0 aliphatic carbocycles. The molecule has 6 heteroatoms. The number of carbonyl (C=O) groups excluding carboxylic acids is 1. The second-order valence-corrected chi connectivity index (χ2v) is 5.87. The molecule has 0 fully saturated rings. The average molecular weight is 348 g/mol. The summed E-state index contributed by atoms with van der Waals surface area (Å²) >= 11 is 0. The molecule has 0 saturated heterocycles. The van der Waals surface area contributed by atoms with Crippen LogP contribution in [0.15, 0.2) is 29.3 Å². The van der Waals surface area contributed by atoms with Crippen molar-refractivity contribution in [2.45, 2.75) is 39.5 Å². The molecule has 0 aliphatic rings. The Morgan fingerprint density at radius 1 is 1.08 bits per heavy atom. The number of amides is 1. The fourth-order valence-electron chi connectivity index (χ4n) is 2.23. The molecule has 6 nitrogen and oxygen atoms in total. The van der Waals surface area contributed by atoms with Gasteiger partial charge in [0.15, 0.2) is 5.96 Å². The van der Waals surface area contributed by atoms with Crippen LogP contribution in [0, 0.1) is 0 Å². The normalized spacial score (nSPS) is 11.2. The summed E-state index contributed by atoms with van der Waals surface area (Å²) in [6, 6.07) is 7.89. The van der Waals surface area contributed by atoms with E-state index in [2.05, 4.69) is 27.9 Å². The van der Waals surface area contributed by atoms with E-state index in [0.29, 0.717) is 0 Å². The number of hydrogen-bond donors (Lipinski definition) is 3. The van der Waals surface area contributed by atoms with E-state index in [1.807, 2.05) is 24.3 Å². The van der Waals surface area contributed by atoms with E-state index in [4.69, 9.17) is 4.74 Å². The summed E-state index contributed by atoms with van der Waals surface area (Å²) in [6.45, 7) is 6.95. The van der Waals surface area contributed by atoms with Crippen molar-refractivity contribution in [2.24, 2.45) is 4.99 Å². The van der Waals surface area contributed by atoms with Crippen LogP contribution in [0.5, 0.6) is 0 Å². The number of guanidine groups is 1. The van der Waals surface area contributed by atoms with E-state index in [-0.39, 0.29) is 5.91 Å². The van der Waals surface area contributed by atoms with E-state index >= 15 is 0 Å². The van der Waals surface area contributed by atoms with Gasteiger partial charge in [0.25, 0.3) is 0 Å². The number of unbranched alkanes of at least 4 members (excludes halogenated alkanes) is 1. The molecule has 0 aliphatic heterocycles. The minimum atomic E-state index is -0.0555. The summed E-state index contributed by atoms with van der Waals surface area (Å²) < 4.78 is 5.54. The molecule has 0 radical (unpaired) electrons. The molecular formula is C19H32N4O2. The fourth-order valence-corrected chi connectivity index (χ4v) is 2.23. The molecule has 0 atom stereocenters. The Morgan fingerprint density at radius 2 is 1.76 bits per heavy atom. The number of nitrogens with one attached hydrogen (secondary N) is 3. The first kappa shape index (κ1) is 21.0. The molecule has 25 heavy (non-hydrogen) atoms. The van der Waals surface area contributed by atoms with Crippen molar-refractivity contribution in [3.8, 4) is 0 Å². The first-order valence-corrected chi connectivity index (χ1v) is 9.04. The molecule has 0 heterocycles. The van der Waals surface area contributed by atoms with Gasteiger partial charge < -0.3 is 20.7 Å². The third-order valence-electron chi connectivity index (χ3n) is 3.60. The lowest BCUT2D eigenvalue weighted by atomic mass is 10.1. The molecule has 140 valence electrons. The van der Waals surface area contributed by atoms with Gasteiger partial charge in [-0.1, -0.05) is 25.5 Å². The quantitative estimate of drug-likeness (QED) is 0.326. The maximum Gasteiger partial charge on any atom is 0.221 e. The second-order valence-electron chi connectivity index (χ2n) is 5.87. The zero-order valence-electron chi connectivity index (χ0n) is 15.7. The van der Waals surface area contributed by atoms with Crippen LogP contribution in [0.4, 0.5) is 5.69 Å². The first-order valence-electron chi connectivity index (χ1n) is 9.04. The number of carbonyl (C=O) groups is 1. The molecule has 1 amide bonds. The zero-order valence-corrected chi connectivity index (χ0v) is 15.7. The number of nitrogens with zero attached hydrogens (tertiary/aromatic N) is 1. The van der Waals surface area contributed by atoms with Crippen molar-refractivity contribution in [3.05, 3.63) is 29.8 Å². The van der Waals surface area contributed by atoms with Gasteiger partial charge in [0.2, 0.25) is 5.91 Å². The summed E-state index contributed by atoms with van der Waals surface area (Å²) in [6.07, 6.45) is 4.16. The molecule has 1 aromatic carbocycles. The van der Waals surface area contributed by atoms with Crippen LogP contribution in [-0.2, 0) is 16.0 Å². The average Bonchev–Trinajstić information content (AvgIpc) is 2.60. The number of rotatable bonds is 11. The summed E-state index contributed by atoms with van der Waals surface area (Å²) in [5.41, 5.74) is 2.03. The highest BCUT2D eigenvalue weighted by molar-refractivity contribution is 5.88. The highest BCUT2D eigenvalue weighted by atomic mass is 16.5. The lowest BCUT2D eigenvalue weighted by Crippen LogP contribution is -2.39. The largest absolute Gasteiger partial charge is 0.381 e. The molecule has 0 bridgehead atoms. The van der Waals surface area contributed by atoms with Crippen molar-refractivity contribution >= 4 is 17.6 Å². The fraction of sp³-hybridized carbons (Fsp3) is 0.579. The Balaban J connectivity index is 2.17. The van der Waals surface area contributed by atoms with Gasteiger partial charge in [0.05, 0.1) is 0 Å². The second kappa shape index (κ2) is 13.2. The Hall–Kier alpha value is -2.08. The predicted molar refractivity (Wildman–Crippen MR) is 104 cm³/mol. The Morgan fingerprint density at radius 3 is 2.40 bits per heavy atom. The van der Waals surface area contributed by atoms with Crippen LogP contribution in [0.2, 0.25) is 0 Å². The van der Waals surface area contributed by atoms with E-state index in [1.54, 1.807) is 7.05 Å². The SMILES string of the molecule is CCCCOCCCNC(=NC)NCCc1ccc(NC(C)=O)cc1. The van der Waals surface area contributed by atoms with E-state index in [0.717, 1.165) is 57.2 Å². The smallest absolute Gasteiger partial charge is 0.221 e. The number of benzene rings is 1. The van der Waals surface area contributed by atoms with Crippen LogP contribution >= 0.6 is 0 Å². The third kappa shape index (κ3) is 10.4. The molecular weight excluding hydrogens is 316 g/mol. The Kier molecular flexibility index (Phi) is 11.1. The summed E-state index contributed by atoms with van der Waals surface area (Å²) in [7, 11) is 1.77. The molecule has 0 aromatic heterocycles. The van der Waals surface area contributed by atoms with Gasteiger partial charge in [-0.2, -0.15) is 0 Å². The number of ether oxygens (including phenoxy) is 1. The van der Waals surface area contributed by atoms with Crippen LogP contribution in [0.1, 0.15) is 38.7 Å². The maximum atomic E-state index is 11.0. The maximum absolute atomic E-state index is 11.0. The van der Waals surface area contributed by atoms with Crippen molar-refractivity contribution < 1.29 is 9.53 Å². The summed E-state index contributed by atoms with van der Waals surface area (Å²) in [5.74, 6) is 0.753. The molecule has 0 saturated carbocycles. The van der Waals surface area contributed by atoms with Crippen LogP contribution < -0.4 is 16.0 Å². The lowest BCUT2D eigenvalue weighted by Gasteiger charge is -2.12. The van der Waals surface area contributed by atoms with Crippen LogP contribution in [0.25, 0.3) is 0 Å². The van der Waals surface area contributed by atoms with Gasteiger partial charge in [-0.3, -0.25) is 9.79 Å². The minimum Gasteiger partial charge on any atom is -0.381 e. The summed E-state index contributed by atoms with van der Waals surface area (Å²) in [5, 5.41) is 9.36. The van der Waals surface area contributed by atoms with Crippen molar-refractivity contribution in [2.75, 3.05) is 38.7 Å².